The zero-order valence-electron chi connectivity index (χ0n) is 13.1. The number of nitrogens with two attached hydrogens (primary N) is 1. The third-order valence-electron chi connectivity index (χ3n) is 4.13. The molecule has 0 bridgehead atoms. The van der Waals surface area contributed by atoms with E-state index in [-0.39, 0.29) is 10.8 Å². The van der Waals surface area contributed by atoms with E-state index in [0.717, 1.165) is 39.0 Å². The zero-order valence-corrected chi connectivity index (χ0v) is 13.1. The van der Waals surface area contributed by atoms with E-state index in [2.05, 4.69) is 33.0 Å². The number of nitrogens with one attached hydrogen (secondary N) is 1. The van der Waals surface area contributed by atoms with E-state index in [9.17, 15) is 4.79 Å². The lowest BCUT2D eigenvalue weighted by atomic mass is 9.77. The molecular weight excluding hydrogens is 238 g/mol. The van der Waals surface area contributed by atoms with Crippen molar-refractivity contribution >= 4 is 5.91 Å². The van der Waals surface area contributed by atoms with E-state index in [0.29, 0.717) is 18.9 Å². The standard InChI is InChI=1S/C15H31N3O/c1-14(2,5-6-15(3,4)12-16)11-13(19)18-9-7-17-8-10-18/h17H,5-12,16H2,1-4H3. The van der Waals surface area contributed by atoms with Crippen LogP contribution in [0.1, 0.15) is 47.0 Å². The number of hydrogen-bond acceptors (Lipinski definition) is 3. The molecule has 0 aromatic heterocycles. The molecule has 0 radical (unpaired) electrons. The van der Waals surface area contributed by atoms with E-state index < -0.39 is 0 Å². The molecule has 1 heterocycles. The van der Waals surface area contributed by atoms with Gasteiger partial charge in [0.05, 0.1) is 0 Å². The fourth-order valence-corrected chi connectivity index (χ4v) is 2.30. The average molecular weight is 269 g/mol. The van der Waals surface area contributed by atoms with E-state index in [1.54, 1.807) is 0 Å². The second-order valence-electron chi connectivity index (χ2n) is 7.34. The van der Waals surface area contributed by atoms with Crippen LogP contribution in [0.2, 0.25) is 0 Å². The molecule has 0 spiro atoms. The lowest BCUT2D eigenvalue weighted by Gasteiger charge is -2.33. The average Bonchev–Trinajstić information content (AvgIpc) is 2.37. The van der Waals surface area contributed by atoms with Gasteiger partial charge >= 0.3 is 0 Å². The lowest BCUT2D eigenvalue weighted by Crippen LogP contribution is -2.47. The normalized spacial score (nSPS) is 17.6. The predicted molar refractivity (Wildman–Crippen MR) is 79.9 cm³/mol. The maximum atomic E-state index is 12.3. The molecule has 1 aliphatic heterocycles. The summed E-state index contributed by atoms with van der Waals surface area (Å²) in [5, 5.41) is 3.28. The molecule has 4 heteroatoms. The van der Waals surface area contributed by atoms with Gasteiger partial charge in [-0.2, -0.15) is 0 Å². The van der Waals surface area contributed by atoms with Crippen LogP contribution in [0.25, 0.3) is 0 Å². The second-order valence-corrected chi connectivity index (χ2v) is 7.34. The summed E-state index contributed by atoms with van der Waals surface area (Å²) in [6, 6.07) is 0. The Morgan fingerprint density at radius 3 is 2.16 bits per heavy atom. The Kier molecular flexibility index (Phi) is 5.81. The van der Waals surface area contributed by atoms with Crippen LogP contribution in [0.15, 0.2) is 0 Å². The van der Waals surface area contributed by atoms with E-state index in [1.807, 2.05) is 4.90 Å². The summed E-state index contributed by atoms with van der Waals surface area (Å²) in [7, 11) is 0. The second kappa shape index (κ2) is 6.71. The number of carbonyl (C=O) groups excluding carboxylic acids is 1. The number of nitrogens with zero attached hydrogens (tertiary/aromatic N) is 1. The van der Waals surface area contributed by atoms with Gasteiger partial charge in [-0.05, 0) is 30.2 Å². The highest BCUT2D eigenvalue weighted by molar-refractivity contribution is 5.77. The van der Waals surface area contributed by atoms with Gasteiger partial charge in [-0.3, -0.25) is 4.79 Å². The van der Waals surface area contributed by atoms with Crippen molar-refractivity contribution in [3.63, 3.8) is 0 Å². The maximum Gasteiger partial charge on any atom is 0.223 e. The van der Waals surface area contributed by atoms with E-state index >= 15 is 0 Å². The molecule has 1 rings (SSSR count). The molecule has 0 aliphatic carbocycles. The van der Waals surface area contributed by atoms with Crippen LogP contribution < -0.4 is 11.1 Å². The minimum absolute atomic E-state index is 0.0639. The predicted octanol–water partition coefficient (Wildman–Crippen LogP) is 1.60. The molecule has 1 fully saturated rings. The molecule has 0 unspecified atom stereocenters. The third kappa shape index (κ3) is 5.91. The Balaban J connectivity index is 2.42. The van der Waals surface area contributed by atoms with Crippen LogP contribution >= 0.6 is 0 Å². The Hall–Kier alpha value is -0.610. The Labute approximate surface area is 118 Å². The molecule has 19 heavy (non-hydrogen) atoms. The highest BCUT2D eigenvalue weighted by Crippen LogP contribution is 2.33. The maximum absolute atomic E-state index is 12.3. The topological polar surface area (TPSA) is 58.4 Å². The summed E-state index contributed by atoms with van der Waals surface area (Å²) in [6.45, 7) is 13.0. The lowest BCUT2D eigenvalue weighted by molar-refractivity contribution is -0.134. The number of piperazine rings is 1. The summed E-state index contributed by atoms with van der Waals surface area (Å²) in [5.41, 5.74) is 6.01. The summed E-state index contributed by atoms with van der Waals surface area (Å²) < 4.78 is 0. The van der Waals surface area contributed by atoms with Gasteiger partial charge in [0.15, 0.2) is 0 Å². The van der Waals surface area contributed by atoms with Crippen molar-refractivity contribution in [3.05, 3.63) is 0 Å². The Morgan fingerprint density at radius 1 is 1.11 bits per heavy atom. The van der Waals surface area contributed by atoms with Crippen LogP contribution in [-0.4, -0.2) is 43.5 Å². The van der Waals surface area contributed by atoms with Crippen LogP contribution in [0.5, 0.6) is 0 Å². The van der Waals surface area contributed by atoms with E-state index in [1.165, 1.54) is 0 Å². The molecule has 112 valence electrons. The van der Waals surface area contributed by atoms with Gasteiger partial charge < -0.3 is 16.0 Å². The van der Waals surface area contributed by atoms with Gasteiger partial charge in [-0.25, -0.2) is 0 Å². The van der Waals surface area contributed by atoms with Crippen molar-refractivity contribution in [3.8, 4) is 0 Å². The van der Waals surface area contributed by atoms with Gasteiger partial charge in [0.2, 0.25) is 5.91 Å². The monoisotopic (exact) mass is 269 g/mol. The van der Waals surface area contributed by atoms with Crippen molar-refractivity contribution in [1.82, 2.24) is 10.2 Å². The number of amides is 1. The first-order valence-electron chi connectivity index (χ1n) is 7.44. The Morgan fingerprint density at radius 2 is 1.63 bits per heavy atom. The summed E-state index contributed by atoms with van der Waals surface area (Å²) in [6.07, 6.45) is 2.77. The first-order chi connectivity index (χ1) is 8.76. The fraction of sp³-hybridized carbons (Fsp3) is 0.933. The molecule has 0 saturated carbocycles. The zero-order chi connectivity index (χ0) is 14.5. The first-order valence-corrected chi connectivity index (χ1v) is 7.44. The smallest absolute Gasteiger partial charge is 0.223 e. The van der Waals surface area contributed by atoms with E-state index in [4.69, 9.17) is 5.73 Å². The van der Waals surface area contributed by atoms with Crippen LogP contribution in [-0.2, 0) is 4.79 Å². The summed E-state index contributed by atoms with van der Waals surface area (Å²) in [5.74, 6) is 0.303. The molecule has 1 saturated heterocycles. The van der Waals surface area contributed by atoms with Crippen molar-refractivity contribution in [1.29, 1.82) is 0 Å². The molecule has 1 amide bonds. The number of carbonyl (C=O) groups is 1. The SMILES string of the molecule is CC(C)(CN)CCC(C)(C)CC(=O)N1CCNCC1. The highest BCUT2D eigenvalue weighted by atomic mass is 16.2. The van der Waals surface area contributed by atoms with Crippen LogP contribution in [0.4, 0.5) is 0 Å². The van der Waals surface area contributed by atoms with Crippen molar-refractivity contribution < 1.29 is 4.79 Å². The van der Waals surface area contributed by atoms with Gasteiger partial charge in [-0.1, -0.05) is 27.7 Å². The number of rotatable bonds is 6. The minimum Gasteiger partial charge on any atom is -0.340 e. The quantitative estimate of drug-likeness (QED) is 0.770. The largest absolute Gasteiger partial charge is 0.340 e. The summed E-state index contributed by atoms with van der Waals surface area (Å²) in [4.78, 5) is 14.3. The molecular formula is C15H31N3O. The molecule has 4 nitrogen and oxygen atoms in total. The van der Waals surface area contributed by atoms with Crippen molar-refractivity contribution in [2.45, 2.75) is 47.0 Å². The molecule has 0 atom stereocenters. The molecule has 0 aromatic rings. The van der Waals surface area contributed by atoms with Crippen LogP contribution in [0.3, 0.4) is 0 Å². The van der Waals surface area contributed by atoms with Crippen molar-refractivity contribution in [2.75, 3.05) is 32.7 Å². The molecule has 0 aromatic carbocycles. The van der Waals surface area contributed by atoms with Gasteiger partial charge in [0, 0.05) is 32.6 Å². The first kappa shape index (κ1) is 16.4. The number of hydrogen-bond donors (Lipinski definition) is 2. The van der Waals surface area contributed by atoms with Crippen LogP contribution in [0, 0.1) is 10.8 Å². The summed E-state index contributed by atoms with van der Waals surface area (Å²) >= 11 is 0. The van der Waals surface area contributed by atoms with Gasteiger partial charge in [-0.15, -0.1) is 0 Å². The molecule has 3 N–H and O–H groups in total. The highest BCUT2D eigenvalue weighted by Gasteiger charge is 2.28. The Bertz CT molecular complexity index is 294. The third-order valence-corrected chi connectivity index (χ3v) is 4.13. The van der Waals surface area contributed by atoms with Crippen molar-refractivity contribution in [2.24, 2.45) is 16.6 Å². The minimum atomic E-state index is 0.0639. The molecule has 1 aliphatic rings. The van der Waals surface area contributed by atoms with Gasteiger partial charge in [0.1, 0.15) is 0 Å². The van der Waals surface area contributed by atoms with Gasteiger partial charge in [0.25, 0.3) is 0 Å². The fourth-order valence-electron chi connectivity index (χ4n) is 2.30.